The quantitative estimate of drug-likeness (QED) is 0.767. The fourth-order valence-electron chi connectivity index (χ4n) is 3.01. The molecule has 1 aromatic carbocycles. The average molecular weight is 342 g/mol. The number of carbonyl (C=O) groups is 1. The van der Waals surface area contributed by atoms with Gasteiger partial charge in [0.05, 0.1) is 12.8 Å². The minimum absolute atomic E-state index is 0.0439. The van der Waals surface area contributed by atoms with Gasteiger partial charge in [-0.25, -0.2) is 9.18 Å². The Bertz CT molecular complexity index is 547. The van der Waals surface area contributed by atoms with Crippen molar-refractivity contribution in [2.24, 2.45) is 5.41 Å². The minimum Gasteiger partial charge on any atom is -0.465 e. The lowest BCUT2D eigenvalue weighted by atomic mass is 9.93. The highest BCUT2D eigenvalue weighted by molar-refractivity contribution is 9.10. The third-order valence-electron chi connectivity index (χ3n) is 4.55. The van der Waals surface area contributed by atoms with Crippen LogP contribution in [0.4, 0.5) is 10.1 Å². The molecule has 20 heavy (non-hydrogen) atoms. The Morgan fingerprint density at radius 2 is 1.95 bits per heavy atom. The van der Waals surface area contributed by atoms with E-state index in [0.717, 1.165) is 25.9 Å². The van der Waals surface area contributed by atoms with Gasteiger partial charge >= 0.3 is 5.97 Å². The molecule has 1 spiro atoms. The summed E-state index contributed by atoms with van der Waals surface area (Å²) in [6, 6.07) is 3.11. The van der Waals surface area contributed by atoms with Crippen LogP contribution in [0.2, 0.25) is 0 Å². The van der Waals surface area contributed by atoms with Gasteiger partial charge in [0.1, 0.15) is 11.4 Å². The van der Waals surface area contributed by atoms with Crippen LogP contribution in [-0.2, 0) is 4.74 Å². The number of hydrogen-bond acceptors (Lipinski definition) is 3. The zero-order chi connectivity index (χ0) is 14.3. The van der Waals surface area contributed by atoms with Crippen LogP contribution >= 0.6 is 15.9 Å². The molecule has 0 bridgehead atoms. The number of piperidine rings is 1. The van der Waals surface area contributed by atoms with E-state index < -0.39 is 11.8 Å². The Morgan fingerprint density at radius 1 is 1.30 bits per heavy atom. The van der Waals surface area contributed by atoms with Crippen LogP contribution in [0.1, 0.15) is 36.0 Å². The zero-order valence-electron chi connectivity index (χ0n) is 11.4. The van der Waals surface area contributed by atoms with E-state index in [9.17, 15) is 9.18 Å². The molecule has 0 unspecified atom stereocenters. The predicted molar refractivity (Wildman–Crippen MR) is 78.6 cm³/mol. The molecule has 0 radical (unpaired) electrons. The van der Waals surface area contributed by atoms with Crippen molar-refractivity contribution in [1.29, 1.82) is 0 Å². The number of ether oxygens (including phenoxy) is 1. The molecule has 1 saturated carbocycles. The van der Waals surface area contributed by atoms with E-state index in [1.54, 1.807) is 6.07 Å². The zero-order valence-corrected chi connectivity index (χ0v) is 13.0. The Kier molecular flexibility index (Phi) is 3.48. The molecule has 0 amide bonds. The fourth-order valence-corrected chi connectivity index (χ4v) is 3.43. The topological polar surface area (TPSA) is 29.5 Å². The Balaban J connectivity index is 1.93. The first-order valence-corrected chi connectivity index (χ1v) is 7.66. The standard InChI is InChI=1S/C15H17BrFNO2/c1-20-14(19)13-11(17)8-10(16)9-12(13)18-6-4-15(2-3-15)5-7-18/h8-9H,2-7H2,1H3. The van der Waals surface area contributed by atoms with Crippen LogP contribution in [0.15, 0.2) is 16.6 Å². The summed E-state index contributed by atoms with van der Waals surface area (Å²) in [5.41, 5.74) is 1.23. The van der Waals surface area contributed by atoms with E-state index in [1.807, 2.05) is 0 Å². The van der Waals surface area contributed by atoms with Crippen molar-refractivity contribution >= 4 is 27.6 Å². The number of rotatable bonds is 2. The minimum atomic E-state index is -0.614. The van der Waals surface area contributed by atoms with E-state index in [-0.39, 0.29) is 5.56 Å². The number of halogens is 2. The van der Waals surface area contributed by atoms with Crippen molar-refractivity contribution in [3.05, 3.63) is 28.0 Å². The van der Waals surface area contributed by atoms with Crippen molar-refractivity contribution in [3.8, 4) is 0 Å². The van der Waals surface area contributed by atoms with Crippen LogP contribution in [-0.4, -0.2) is 26.2 Å². The van der Waals surface area contributed by atoms with Crippen LogP contribution in [0, 0.1) is 11.2 Å². The van der Waals surface area contributed by atoms with E-state index in [4.69, 9.17) is 4.74 Å². The van der Waals surface area contributed by atoms with E-state index in [2.05, 4.69) is 20.8 Å². The number of esters is 1. The summed E-state index contributed by atoms with van der Waals surface area (Å²) in [6.07, 6.45) is 4.89. The molecule has 5 heteroatoms. The molecule has 1 aliphatic carbocycles. The van der Waals surface area contributed by atoms with Gasteiger partial charge in [0.15, 0.2) is 0 Å². The predicted octanol–water partition coefficient (Wildman–Crippen LogP) is 3.76. The second-order valence-corrected chi connectivity index (χ2v) is 6.68. The van der Waals surface area contributed by atoms with Gasteiger partial charge in [0.25, 0.3) is 0 Å². The first-order chi connectivity index (χ1) is 9.54. The summed E-state index contributed by atoms with van der Waals surface area (Å²) in [4.78, 5) is 13.9. The lowest BCUT2D eigenvalue weighted by molar-refractivity contribution is 0.0596. The van der Waals surface area contributed by atoms with Crippen LogP contribution in [0.5, 0.6) is 0 Å². The molecule has 1 saturated heterocycles. The molecular formula is C15H17BrFNO2. The maximum absolute atomic E-state index is 14.1. The van der Waals surface area contributed by atoms with Gasteiger partial charge in [-0.15, -0.1) is 0 Å². The van der Waals surface area contributed by atoms with Gasteiger partial charge in [0, 0.05) is 17.6 Å². The smallest absolute Gasteiger partial charge is 0.342 e. The molecule has 2 fully saturated rings. The summed E-state index contributed by atoms with van der Waals surface area (Å²) in [7, 11) is 1.28. The summed E-state index contributed by atoms with van der Waals surface area (Å²) in [6.45, 7) is 1.75. The van der Waals surface area contributed by atoms with Crippen LogP contribution in [0.25, 0.3) is 0 Å². The summed E-state index contributed by atoms with van der Waals surface area (Å²) in [5, 5.41) is 0. The highest BCUT2D eigenvalue weighted by atomic mass is 79.9. The van der Waals surface area contributed by atoms with Gasteiger partial charge in [-0.2, -0.15) is 0 Å². The summed E-state index contributed by atoms with van der Waals surface area (Å²) in [5.74, 6) is -1.15. The molecule has 0 N–H and O–H groups in total. The summed E-state index contributed by atoms with van der Waals surface area (Å²) >= 11 is 3.30. The van der Waals surface area contributed by atoms with Crippen molar-refractivity contribution < 1.29 is 13.9 Å². The van der Waals surface area contributed by atoms with Crippen molar-refractivity contribution in [3.63, 3.8) is 0 Å². The number of methoxy groups -OCH3 is 1. The second-order valence-electron chi connectivity index (χ2n) is 5.76. The van der Waals surface area contributed by atoms with Gasteiger partial charge in [0.2, 0.25) is 0 Å². The number of carbonyl (C=O) groups excluding carboxylic acids is 1. The molecule has 3 rings (SSSR count). The third-order valence-corrected chi connectivity index (χ3v) is 5.00. The lowest BCUT2D eigenvalue weighted by Gasteiger charge is -2.34. The van der Waals surface area contributed by atoms with Gasteiger partial charge in [-0.05, 0) is 43.2 Å². The third kappa shape index (κ3) is 2.43. The Hall–Kier alpha value is -1.10. The number of nitrogens with zero attached hydrogens (tertiary/aromatic N) is 1. The average Bonchev–Trinajstić information content (AvgIpc) is 3.17. The van der Waals surface area contributed by atoms with Crippen LogP contribution < -0.4 is 4.90 Å². The molecule has 3 nitrogen and oxygen atoms in total. The molecule has 108 valence electrons. The molecule has 1 aromatic rings. The van der Waals surface area contributed by atoms with E-state index >= 15 is 0 Å². The van der Waals surface area contributed by atoms with Gasteiger partial charge < -0.3 is 9.64 Å². The molecule has 0 aromatic heterocycles. The Morgan fingerprint density at radius 3 is 2.50 bits per heavy atom. The van der Waals surface area contributed by atoms with Crippen LogP contribution in [0.3, 0.4) is 0 Å². The van der Waals surface area contributed by atoms with Crippen molar-refractivity contribution in [1.82, 2.24) is 0 Å². The highest BCUT2D eigenvalue weighted by Gasteiger charge is 2.44. The molecule has 0 atom stereocenters. The van der Waals surface area contributed by atoms with Gasteiger partial charge in [-0.1, -0.05) is 15.9 Å². The largest absolute Gasteiger partial charge is 0.465 e. The first-order valence-electron chi connectivity index (χ1n) is 6.87. The molecule has 1 heterocycles. The fraction of sp³-hybridized carbons (Fsp3) is 0.533. The van der Waals surface area contributed by atoms with Crippen molar-refractivity contribution in [2.75, 3.05) is 25.1 Å². The lowest BCUT2D eigenvalue weighted by Crippen LogP contribution is -2.35. The maximum Gasteiger partial charge on any atom is 0.342 e. The number of anilines is 1. The molecular weight excluding hydrogens is 325 g/mol. The maximum atomic E-state index is 14.1. The first kappa shape index (κ1) is 13.9. The van der Waals surface area contributed by atoms with E-state index in [0.29, 0.717) is 15.6 Å². The normalized spacial score (nSPS) is 20.1. The number of hydrogen-bond donors (Lipinski definition) is 0. The van der Waals surface area contributed by atoms with E-state index in [1.165, 1.54) is 26.0 Å². The SMILES string of the molecule is COC(=O)c1c(F)cc(Br)cc1N1CCC2(CC1)CC2. The number of benzene rings is 1. The highest BCUT2D eigenvalue weighted by Crippen LogP contribution is 2.54. The van der Waals surface area contributed by atoms with Gasteiger partial charge in [-0.3, -0.25) is 0 Å². The Labute approximate surface area is 126 Å². The van der Waals surface area contributed by atoms with Crippen molar-refractivity contribution in [2.45, 2.75) is 25.7 Å². The molecule has 1 aliphatic heterocycles. The molecule has 2 aliphatic rings. The second kappa shape index (κ2) is 5.02. The summed E-state index contributed by atoms with van der Waals surface area (Å²) < 4.78 is 19.5. The monoisotopic (exact) mass is 341 g/mol.